The standard InChI is InChI=1S/C21H37NOSi/c1-17-15-22(16-18(2)23-17)13-8-14-24(6,7)20-11-9-19(10-12-20)21(3,4)5/h9-12,17-18H,8,13-16H2,1-7H3. The molecule has 0 aromatic heterocycles. The van der Waals surface area contributed by atoms with Crippen molar-refractivity contribution in [2.24, 2.45) is 0 Å². The van der Waals surface area contributed by atoms with E-state index in [9.17, 15) is 0 Å². The Hall–Kier alpha value is -0.643. The molecular weight excluding hydrogens is 310 g/mol. The summed E-state index contributed by atoms with van der Waals surface area (Å²) in [5.74, 6) is 0. The summed E-state index contributed by atoms with van der Waals surface area (Å²) in [6, 6.07) is 10.8. The third-order valence-electron chi connectivity index (χ3n) is 5.30. The van der Waals surface area contributed by atoms with Crippen molar-refractivity contribution < 1.29 is 4.74 Å². The van der Waals surface area contributed by atoms with Crippen molar-refractivity contribution in [3.8, 4) is 0 Å². The van der Waals surface area contributed by atoms with E-state index < -0.39 is 8.07 Å². The van der Waals surface area contributed by atoms with Crippen LogP contribution in [0.2, 0.25) is 19.1 Å². The molecule has 2 nitrogen and oxygen atoms in total. The first-order chi connectivity index (χ1) is 11.1. The molecule has 2 atom stereocenters. The van der Waals surface area contributed by atoms with Gasteiger partial charge in [-0.15, -0.1) is 0 Å². The van der Waals surface area contributed by atoms with E-state index >= 15 is 0 Å². The number of ether oxygens (including phenoxy) is 1. The largest absolute Gasteiger partial charge is 0.373 e. The number of hydrogen-bond donors (Lipinski definition) is 0. The quantitative estimate of drug-likeness (QED) is 0.732. The maximum absolute atomic E-state index is 5.84. The zero-order chi connectivity index (χ0) is 18.0. The summed E-state index contributed by atoms with van der Waals surface area (Å²) in [4.78, 5) is 2.59. The van der Waals surface area contributed by atoms with Gasteiger partial charge in [0.1, 0.15) is 0 Å². The van der Waals surface area contributed by atoms with Gasteiger partial charge < -0.3 is 4.74 Å². The second-order valence-corrected chi connectivity index (χ2v) is 14.2. The zero-order valence-electron chi connectivity index (χ0n) is 16.9. The van der Waals surface area contributed by atoms with Gasteiger partial charge in [-0.3, -0.25) is 4.90 Å². The molecule has 1 aromatic carbocycles. The van der Waals surface area contributed by atoms with Gasteiger partial charge >= 0.3 is 0 Å². The van der Waals surface area contributed by atoms with Crippen molar-refractivity contribution in [3.63, 3.8) is 0 Å². The summed E-state index contributed by atoms with van der Waals surface area (Å²) in [6.07, 6.45) is 2.06. The lowest BCUT2D eigenvalue weighted by Crippen LogP contribution is -2.46. The number of morpholine rings is 1. The Morgan fingerprint density at radius 2 is 1.58 bits per heavy atom. The zero-order valence-corrected chi connectivity index (χ0v) is 17.9. The Morgan fingerprint density at radius 3 is 2.08 bits per heavy atom. The normalized spacial score (nSPS) is 23.5. The smallest absolute Gasteiger partial charge is 0.0806 e. The minimum Gasteiger partial charge on any atom is -0.373 e. The molecule has 1 aliphatic heterocycles. The van der Waals surface area contributed by atoms with E-state index in [1.165, 1.54) is 24.6 Å². The van der Waals surface area contributed by atoms with Crippen LogP contribution in [0.4, 0.5) is 0 Å². The van der Waals surface area contributed by atoms with Crippen LogP contribution in [0.1, 0.15) is 46.6 Å². The van der Waals surface area contributed by atoms with Gasteiger partial charge in [-0.2, -0.15) is 0 Å². The number of hydrogen-bond acceptors (Lipinski definition) is 2. The highest BCUT2D eigenvalue weighted by Gasteiger charge is 2.26. The molecule has 1 aromatic rings. The lowest BCUT2D eigenvalue weighted by Gasteiger charge is -2.36. The van der Waals surface area contributed by atoms with Gasteiger partial charge in [-0.25, -0.2) is 0 Å². The minimum absolute atomic E-state index is 0.244. The van der Waals surface area contributed by atoms with E-state index in [0.29, 0.717) is 12.2 Å². The third-order valence-corrected chi connectivity index (χ3v) is 8.80. The maximum atomic E-state index is 5.84. The minimum atomic E-state index is -1.34. The van der Waals surface area contributed by atoms with Gasteiger partial charge in [0.05, 0.1) is 20.3 Å². The Balaban J connectivity index is 1.89. The molecule has 1 aliphatic rings. The van der Waals surface area contributed by atoms with Crippen LogP contribution in [0.5, 0.6) is 0 Å². The SMILES string of the molecule is CC1CN(CCC[Si](C)(C)c2ccc(C(C)(C)C)cc2)CC(C)O1. The van der Waals surface area contributed by atoms with Crippen LogP contribution >= 0.6 is 0 Å². The molecule has 0 radical (unpaired) electrons. The lowest BCUT2D eigenvalue weighted by molar-refractivity contribution is -0.0677. The fourth-order valence-electron chi connectivity index (χ4n) is 3.78. The first kappa shape index (κ1) is 19.7. The first-order valence-electron chi connectivity index (χ1n) is 9.57. The van der Waals surface area contributed by atoms with Gasteiger partial charge in [-0.1, -0.05) is 69.4 Å². The molecule has 0 bridgehead atoms. The van der Waals surface area contributed by atoms with Crippen molar-refractivity contribution in [2.75, 3.05) is 19.6 Å². The molecule has 0 spiro atoms. The van der Waals surface area contributed by atoms with E-state index in [0.717, 1.165) is 13.1 Å². The van der Waals surface area contributed by atoms with Crippen molar-refractivity contribution in [2.45, 2.75) is 77.8 Å². The number of nitrogens with zero attached hydrogens (tertiary/aromatic N) is 1. The summed E-state index contributed by atoms with van der Waals surface area (Å²) in [7, 11) is -1.34. The molecule has 0 amide bonds. The van der Waals surface area contributed by atoms with Crippen LogP contribution in [-0.4, -0.2) is 44.8 Å². The van der Waals surface area contributed by atoms with Gasteiger partial charge in [0.15, 0.2) is 0 Å². The lowest BCUT2D eigenvalue weighted by atomic mass is 9.87. The van der Waals surface area contributed by atoms with Crippen LogP contribution in [-0.2, 0) is 10.2 Å². The second-order valence-electron chi connectivity index (χ2n) is 9.33. The molecule has 1 saturated heterocycles. The molecule has 24 heavy (non-hydrogen) atoms. The Morgan fingerprint density at radius 1 is 1.04 bits per heavy atom. The Kier molecular flexibility index (Phi) is 6.33. The summed E-state index contributed by atoms with van der Waals surface area (Å²) < 4.78 is 5.84. The summed E-state index contributed by atoms with van der Waals surface area (Å²) >= 11 is 0. The van der Waals surface area contributed by atoms with Crippen LogP contribution in [0.3, 0.4) is 0 Å². The fraction of sp³-hybridized carbons (Fsp3) is 0.714. The van der Waals surface area contributed by atoms with Gasteiger partial charge in [0.2, 0.25) is 0 Å². The maximum Gasteiger partial charge on any atom is 0.0806 e. The molecule has 3 heteroatoms. The third kappa shape index (κ3) is 5.43. The molecule has 2 unspecified atom stereocenters. The van der Waals surface area contributed by atoms with Crippen molar-refractivity contribution in [3.05, 3.63) is 29.8 Å². The van der Waals surface area contributed by atoms with Crippen molar-refractivity contribution in [1.29, 1.82) is 0 Å². The monoisotopic (exact) mass is 347 g/mol. The van der Waals surface area contributed by atoms with Gasteiger partial charge in [0.25, 0.3) is 0 Å². The highest BCUT2D eigenvalue weighted by molar-refractivity contribution is 6.89. The molecule has 0 saturated carbocycles. The van der Waals surface area contributed by atoms with E-state index in [1.54, 1.807) is 5.19 Å². The molecule has 1 heterocycles. The molecular formula is C21H37NOSi. The molecule has 136 valence electrons. The topological polar surface area (TPSA) is 12.5 Å². The van der Waals surface area contributed by atoms with Crippen molar-refractivity contribution >= 4 is 13.3 Å². The number of rotatable bonds is 5. The molecule has 0 N–H and O–H groups in total. The Labute approximate surface area is 150 Å². The van der Waals surface area contributed by atoms with Crippen LogP contribution < -0.4 is 5.19 Å². The molecule has 0 aliphatic carbocycles. The fourth-order valence-corrected chi connectivity index (χ4v) is 6.18. The Bertz CT molecular complexity index is 508. The average Bonchev–Trinajstić information content (AvgIpc) is 2.45. The predicted octanol–water partition coefficient (Wildman–Crippen LogP) is 4.40. The summed E-state index contributed by atoms with van der Waals surface area (Å²) in [5.41, 5.74) is 1.68. The van der Waals surface area contributed by atoms with Gasteiger partial charge in [-0.05, 0) is 37.8 Å². The van der Waals surface area contributed by atoms with Crippen LogP contribution in [0.25, 0.3) is 0 Å². The van der Waals surface area contributed by atoms with E-state index in [-0.39, 0.29) is 5.41 Å². The van der Waals surface area contributed by atoms with E-state index in [1.807, 2.05) is 0 Å². The highest BCUT2D eigenvalue weighted by atomic mass is 28.3. The first-order valence-corrected chi connectivity index (χ1v) is 12.8. The summed E-state index contributed by atoms with van der Waals surface area (Å²) in [5, 5.41) is 1.60. The summed E-state index contributed by atoms with van der Waals surface area (Å²) in [6.45, 7) is 19.7. The van der Waals surface area contributed by atoms with E-state index in [4.69, 9.17) is 4.74 Å². The van der Waals surface area contributed by atoms with Gasteiger partial charge in [0, 0.05) is 13.1 Å². The van der Waals surface area contributed by atoms with Crippen LogP contribution in [0.15, 0.2) is 24.3 Å². The second kappa shape index (κ2) is 7.71. The predicted molar refractivity (Wildman–Crippen MR) is 108 cm³/mol. The average molecular weight is 348 g/mol. The molecule has 2 rings (SSSR count). The molecule has 1 fully saturated rings. The van der Waals surface area contributed by atoms with Crippen molar-refractivity contribution in [1.82, 2.24) is 4.90 Å². The van der Waals surface area contributed by atoms with E-state index in [2.05, 4.69) is 76.9 Å². The number of benzene rings is 1. The highest BCUT2D eigenvalue weighted by Crippen LogP contribution is 2.22. The van der Waals surface area contributed by atoms with Crippen LogP contribution in [0, 0.1) is 0 Å².